The molecule has 0 aromatic rings. The fourth-order valence-electron chi connectivity index (χ4n) is 2.65. The minimum Gasteiger partial charge on any atom is -0.444 e. The van der Waals surface area contributed by atoms with Crippen LogP contribution >= 0.6 is 0 Å². The Morgan fingerprint density at radius 1 is 1.44 bits per heavy atom. The van der Waals surface area contributed by atoms with Crippen molar-refractivity contribution >= 4 is 6.09 Å². The zero-order chi connectivity index (χ0) is 11.8. The second-order valence-corrected chi connectivity index (χ2v) is 6.03. The van der Waals surface area contributed by atoms with Gasteiger partial charge < -0.3 is 15.4 Å². The van der Waals surface area contributed by atoms with Crippen LogP contribution in [0.5, 0.6) is 0 Å². The summed E-state index contributed by atoms with van der Waals surface area (Å²) < 4.78 is 5.28. The summed E-state index contributed by atoms with van der Waals surface area (Å²) in [5.74, 6) is 0. The van der Waals surface area contributed by atoms with Gasteiger partial charge in [0.1, 0.15) is 5.60 Å². The van der Waals surface area contributed by atoms with Crippen LogP contribution in [0.15, 0.2) is 0 Å². The van der Waals surface area contributed by atoms with E-state index >= 15 is 0 Å². The molecule has 2 atom stereocenters. The first-order valence-corrected chi connectivity index (χ1v) is 6.12. The molecule has 0 aromatic carbocycles. The molecule has 0 unspecified atom stereocenters. The number of hydrogen-bond acceptors (Lipinski definition) is 3. The van der Waals surface area contributed by atoms with E-state index in [1.807, 2.05) is 20.8 Å². The Balaban J connectivity index is 1.84. The average Bonchev–Trinajstić information content (AvgIpc) is 2.60. The minimum absolute atomic E-state index is 0.275. The van der Waals surface area contributed by atoms with E-state index in [9.17, 15) is 4.79 Å². The maximum Gasteiger partial charge on any atom is 0.407 e. The van der Waals surface area contributed by atoms with E-state index in [0.29, 0.717) is 11.5 Å². The van der Waals surface area contributed by atoms with Crippen LogP contribution in [0, 0.1) is 5.41 Å². The first-order valence-electron chi connectivity index (χ1n) is 6.12. The molecule has 0 radical (unpaired) electrons. The molecule has 1 spiro atoms. The Morgan fingerprint density at radius 2 is 2.19 bits per heavy atom. The third kappa shape index (κ3) is 2.32. The molecule has 1 aliphatic carbocycles. The summed E-state index contributed by atoms with van der Waals surface area (Å²) >= 11 is 0. The van der Waals surface area contributed by atoms with Gasteiger partial charge in [0.2, 0.25) is 0 Å². The fourth-order valence-corrected chi connectivity index (χ4v) is 2.65. The molecule has 0 aromatic heterocycles. The SMILES string of the molecule is CC(C)(C)OC(=O)N[C@@H]1CC[C@@]12CCNC2. The van der Waals surface area contributed by atoms with E-state index in [0.717, 1.165) is 19.5 Å². The minimum atomic E-state index is -0.408. The summed E-state index contributed by atoms with van der Waals surface area (Å²) in [6, 6.07) is 0.303. The highest BCUT2D eigenvalue weighted by Gasteiger charge is 2.49. The van der Waals surface area contributed by atoms with Crippen molar-refractivity contribution in [2.75, 3.05) is 13.1 Å². The molecule has 1 heterocycles. The molecule has 92 valence electrons. The molecule has 2 N–H and O–H groups in total. The Labute approximate surface area is 97.1 Å². The molecule has 2 fully saturated rings. The van der Waals surface area contributed by atoms with E-state index in [4.69, 9.17) is 4.74 Å². The van der Waals surface area contributed by atoms with Crippen molar-refractivity contribution in [1.29, 1.82) is 0 Å². The maximum atomic E-state index is 11.6. The lowest BCUT2D eigenvalue weighted by atomic mass is 9.64. The zero-order valence-corrected chi connectivity index (χ0v) is 10.4. The lowest BCUT2D eigenvalue weighted by molar-refractivity contribution is 0.0293. The van der Waals surface area contributed by atoms with E-state index in [-0.39, 0.29) is 6.09 Å². The molecule has 0 bridgehead atoms. The molecule has 1 amide bonds. The number of rotatable bonds is 1. The Bertz CT molecular complexity index is 277. The number of alkyl carbamates (subject to hydrolysis) is 1. The van der Waals surface area contributed by atoms with Gasteiger partial charge in [-0.3, -0.25) is 0 Å². The summed E-state index contributed by atoms with van der Waals surface area (Å²) in [5, 5.41) is 6.38. The standard InChI is InChI=1S/C12H22N2O2/c1-11(2,3)16-10(15)14-9-4-5-12(9)6-7-13-8-12/h9,13H,4-8H2,1-3H3,(H,14,15)/t9-,12+/m1/s1. The molecule has 2 aliphatic rings. The Hall–Kier alpha value is -0.770. The summed E-state index contributed by atoms with van der Waals surface area (Å²) in [6.07, 6.45) is 3.21. The van der Waals surface area contributed by atoms with Crippen LogP contribution in [-0.2, 0) is 4.74 Å². The second-order valence-electron chi connectivity index (χ2n) is 6.03. The summed E-state index contributed by atoms with van der Waals surface area (Å²) in [7, 11) is 0. The quantitative estimate of drug-likeness (QED) is 0.715. The second kappa shape index (κ2) is 3.91. The smallest absolute Gasteiger partial charge is 0.407 e. The lowest BCUT2D eigenvalue weighted by Crippen LogP contribution is -2.56. The van der Waals surface area contributed by atoms with Gasteiger partial charge in [0.25, 0.3) is 0 Å². The molecule has 16 heavy (non-hydrogen) atoms. The molecular formula is C12H22N2O2. The highest BCUT2D eigenvalue weighted by molar-refractivity contribution is 5.68. The predicted octanol–water partition coefficient (Wildman–Crippen LogP) is 1.65. The lowest BCUT2D eigenvalue weighted by Gasteiger charge is -2.46. The van der Waals surface area contributed by atoms with E-state index < -0.39 is 5.60 Å². The van der Waals surface area contributed by atoms with Crippen LogP contribution in [0.2, 0.25) is 0 Å². The van der Waals surface area contributed by atoms with Crippen molar-refractivity contribution in [3.8, 4) is 0 Å². The fraction of sp³-hybridized carbons (Fsp3) is 0.917. The summed E-state index contributed by atoms with van der Waals surface area (Å²) in [6.45, 7) is 7.78. The molecule has 1 saturated carbocycles. The average molecular weight is 226 g/mol. The topological polar surface area (TPSA) is 50.4 Å². The monoisotopic (exact) mass is 226 g/mol. The van der Waals surface area contributed by atoms with Gasteiger partial charge in [0, 0.05) is 18.0 Å². The van der Waals surface area contributed by atoms with Crippen molar-refractivity contribution in [2.24, 2.45) is 5.41 Å². The third-order valence-corrected chi connectivity index (χ3v) is 3.64. The van der Waals surface area contributed by atoms with Gasteiger partial charge >= 0.3 is 6.09 Å². The number of hydrogen-bond donors (Lipinski definition) is 2. The number of carbonyl (C=O) groups excluding carboxylic acids is 1. The van der Waals surface area contributed by atoms with Crippen molar-refractivity contribution in [1.82, 2.24) is 10.6 Å². The van der Waals surface area contributed by atoms with Crippen molar-refractivity contribution in [3.63, 3.8) is 0 Å². The number of carbonyl (C=O) groups is 1. The molecule has 1 saturated heterocycles. The zero-order valence-electron chi connectivity index (χ0n) is 10.4. The molecule has 2 rings (SSSR count). The van der Waals surface area contributed by atoms with Crippen molar-refractivity contribution < 1.29 is 9.53 Å². The normalized spacial score (nSPS) is 33.6. The predicted molar refractivity (Wildman–Crippen MR) is 62.3 cm³/mol. The Kier molecular flexibility index (Phi) is 2.86. The number of nitrogens with one attached hydrogen (secondary N) is 2. The van der Waals surface area contributed by atoms with Crippen molar-refractivity contribution in [3.05, 3.63) is 0 Å². The van der Waals surface area contributed by atoms with Gasteiger partial charge in [-0.25, -0.2) is 4.79 Å². The van der Waals surface area contributed by atoms with Crippen LogP contribution in [0.3, 0.4) is 0 Å². The van der Waals surface area contributed by atoms with E-state index in [2.05, 4.69) is 10.6 Å². The molecule has 1 aliphatic heterocycles. The van der Waals surface area contributed by atoms with Gasteiger partial charge in [-0.05, 0) is 46.6 Å². The van der Waals surface area contributed by atoms with Gasteiger partial charge in [0.05, 0.1) is 0 Å². The first-order chi connectivity index (χ1) is 7.41. The maximum absolute atomic E-state index is 11.6. The van der Waals surface area contributed by atoms with Crippen LogP contribution < -0.4 is 10.6 Å². The third-order valence-electron chi connectivity index (χ3n) is 3.64. The first kappa shape index (κ1) is 11.7. The highest BCUT2D eigenvalue weighted by atomic mass is 16.6. The van der Waals surface area contributed by atoms with E-state index in [1.165, 1.54) is 12.8 Å². The number of ether oxygens (including phenoxy) is 1. The van der Waals surface area contributed by atoms with Crippen LogP contribution in [0.4, 0.5) is 4.79 Å². The van der Waals surface area contributed by atoms with Crippen LogP contribution in [0.1, 0.15) is 40.0 Å². The van der Waals surface area contributed by atoms with E-state index in [1.54, 1.807) is 0 Å². The van der Waals surface area contributed by atoms with Gasteiger partial charge in [-0.1, -0.05) is 0 Å². The van der Waals surface area contributed by atoms with Crippen LogP contribution in [0.25, 0.3) is 0 Å². The summed E-state index contributed by atoms with van der Waals surface area (Å²) in [5.41, 5.74) is -0.0914. The Morgan fingerprint density at radius 3 is 2.62 bits per heavy atom. The molecule has 4 heteroatoms. The highest BCUT2D eigenvalue weighted by Crippen LogP contribution is 2.45. The van der Waals surface area contributed by atoms with Gasteiger partial charge in [-0.15, -0.1) is 0 Å². The van der Waals surface area contributed by atoms with Crippen LogP contribution in [-0.4, -0.2) is 30.8 Å². The number of amides is 1. The van der Waals surface area contributed by atoms with Gasteiger partial charge in [-0.2, -0.15) is 0 Å². The van der Waals surface area contributed by atoms with Crippen molar-refractivity contribution in [2.45, 2.75) is 51.7 Å². The summed E-state index contributed by atoms with van der Waals surface area (Å²) in [4.78, 5) is 11.6. The molecular weight excluding hydrogens is 204 g/mol. The largest absolute Gasteiger partial charge is 0.444 e. The molecule has 4 nitrogen and oxygen atoms in total. The van der Waals surface area contributed by atoms with Gasteiger partial charge in [0.15, 0.2) is 0 Å².